The normalized spacial score (nSPS) is 23.1. The number of methoxy groups -OCH3 is 1. The molecule has 1 spiro atoms. The van der Waals surface area contributed by atoms with Gasteiger partial charge in [0, 0.05) is 11.1 Å². The fraction of sp³-hybridized carbons (Fsp3) is 0.269. The Bertz CT molecular complexity index is 1490. The van der Waals surface area contributed by atoms with Crippen molar-refractivity contribution in [2.75, 3.05) is 27.0 Å². The molecule has 2 unspecified atom stereocenters. The van der Waals surface area contributed by atoms with E-state index in [2.05, 4.69) is 0 Å². The summed E-state index contributed by atoms with van der Waals surface area (Å²) in [5.74, 6) is 0.499. The van der Waals surface area contributed by atoms with Crippen LogP contribution in [0.3, 0.4) is 0 Å². The van der Waals surface area contributed by atoms with Crippen LogP contribution in [0.4, 0.5) is 0 Å². The van der Waals surface area contributed by atoms with Crippen LogP contribution in [0, 0.1) is 0 Å². The van der Waals surface area contributed by atoms with Gasteiger partial charge >= 0.3 is 5.97 Å². The van der Waals surface area contributed by atoms with Crippen molar-refractivity contribution in [2.45, 2.75) is 18.3 Å². The molecule has 0 radical (unpaired) electrons. The Labute approximate surface area is 207 Å². The topological polar surface area (TPSA) is 107 Å². The zero-order valence-corrected chi connectivity index (χ0v) is 20.3. The summed E-state index contributed by atoms with van der Waals surface area (Å²) in [5.41, 5.74) is 2.79. The lowest BCUT2D eigenvalue weighted by molar-refractivity contribution is 0.00932. The Balaban J connectivity index is 1.66. The molecule has 2 aliphatic carbocycles. The van der Waals surface area contributed by atoms with Crippen molar-refractivity contribution < 1.29 is 41.1 Å². The number of carbonyl (C=O) groups excluding carboxylic acids is 1. The Kier molecular flexibility index (Phi) is 5.31. The number of esters is 1. The maximum absolute atomic E-state index is 13.4. The molecule has 2 aromatic rings. The van der Waals surface area contributed by atoms with E-state index in [-0.39, 0.29) is 25.8 Å². The second-order valence-corrected chi connectivity index (χ2v) is 10.3. The van der Waals surface area contributed by atoms with E-state index >= 15 is 0 Å². The van der Waals surface area contributed by atoms with E-state index in [4.69, 9.17) is 27.9 Å². The third-order valence-electron chi connectivity index (χ3n) is 6.70. The number of carbonyl (C=O) groups is 1. The van der Waals surface area contributed by atoms with Gasteiger partial charge in [-0.25, -0.2) is 4.79 Å². The molecule has 10 heteroatoms. The van der Waals surface area contributed by atoms with Gasteiger partial charge in [0.25, 0.3) is 10.1 Å². The van der Waals surface area contributed by atoms with Crippen LogP contribution in [0.2, 0.25) is 0 Å². The van der Waals surface area contributed by atoms with Crippen LogP contribution in [0.5, 0.6) is 11.5 Å². The zero-order chi connectivity index (χ0) is 25.1. The van der Waals surface area contributed by atoms with E-state index in [1.807, 2.05) is 42.5 Å². The monoisotopic (exact) mass is 510 g/mol. The van der Waals surface area contributed by atoms with Crippen LogP contribution in [-0.4, -0.2) is 47.4 Å². The second kappa shape index (κ2) is 8.31. The molecule has 6 rings (SSSR count). The molecule has 0 amide bonds. The number of allylic oxidation sites excluding steroid dienone is 2. The van der Waals surface area contributed by atoms with Gasteiger partial charge < -0.3 is 23.7 Å². The van der Waals surface area contributed by atoms with Crippen LogP contribution in [-0.2, 0) is 40.7 Å². The van der Waals surface area contributed by atoms with Gasteiger partial charge in [0.15, 0.2) is 17.1 Å². The highest BCUT2D eigenvalue weighted by Crippen LogP contribution is 2.52. The SMILES string of the molecule is COC(=O)c1c(COS(C)(=O)=O)c(-c2ccc3c(c2)OCO3)cc2c1C13OCOC1C=CC=C3C=C2. The summed E-state index contributed by atoms with van der Waals surface area (Å²) in [7, 11) is -2.55. The lowest BCUT2D eigenvalue weighted by Gasteiger charge is -2.40. The molecule has 1 fully saturated rings. The van der Waals surface area contributed by atoms with E-state index in [0.717, 1.165) is 11.8 Å². The largest absolute Gasteiger partial charge is 0.465 e. The Morgan fingerprint density at radius 2 is 1.97 bits per heavy atom. The van der Waals surface area contributed by atoms with Crippen molar-refractivity contribution in [2.24, 2.45) is 0 Å². The molecule has 9 nitrogen and oxygen atoms in total. The van der Waals surface area contributed by atoms with Gasteiger partial charge in [0.1, 0.15) is 12.9 Å². The quantitative estimate of drug-likeness (QED) is 0.442. The average molecular weight is 511 g/mol. The molecule has 0 bridgehead atoms. The first-order valence-corrected chi connectivity index (χ1v) is 13.0. The lowest BCUT2D eigenvalue weighted by atomic mass is 9.70. The molecule has 2 aromatic carbocycles. The summed E-state index contributed by atoms with van der Waals surface area (Å²) < 4.78 is 57.5. The fourth-order valence-electron chi connectivity index (χ4n) is 5.18. The predicted octanol–water partition coefficient (Wildman–Crippen LogP) is 3.44. The van der Waals surface area contributed by atoms with Crippen LogP contribution < -0.4 is 9.47 Å². The Morgan fingerprint density at radius 3 is 2.78 bits per heavy atom. The Hall–Kier alpha value is -3.44. The van der Waals surface area contributed by atoms with Crippen molar-refractivity contribution >= 4 is 22.2 Å². The molecular formula is C26H22O9S. The van der Waals surface area contributed by atoms with Gasteiger partial charge in [-0.1, -0.05) is 36.4 Å². The van der Waals surface area contributed by atoms with Crippen LogP contribution in [0.1, 0.15) is 27.0 Å². The van der Waals surface area contributed by atoms with Crippen LogP contribution in [0.25, 0.3) is 17.2 Å². The van der Waals surface area contributed by atoms with Crippen molar-refractivity contribution in [3.8, 4) is 22.6 Å². The summed E-state index contributed by atoms with van der Waals surface area (Å²) >= 11 is 0. The minimum absolute atomic E-state index is 0.0271. The smallest absolute Gasteiger partial charge is 0.338 e. The number of ether oxygens (including phenoxy) is 5. The first-order chi connectivity index (χ1) is 17.3. The Morgan fingerprint density at radius 1 is 1.14 bits per heavy atom. The number of rotatable bonds is 5. The number of fused-ring (bicyclic) bond motifs is 2. The summed E-state index contributed by atoms with van der Waals surface area (Å²) in [6.45, 7) is -0.257. The van der Waals surface area contributed by atoms with Crippen LogP contribution in [0.15, 0.2) is 54.1 Å². The van der Waals surface area contributed by atoms with E-state index in [9.17, 15) is 13.2 Å². The van der Waals surface area contributed by atoms with Gasteiger partial charge in [0.2, 0.25) is 6.79 Å². The van der Waals surface area contributed by atoms with Crippen molar-refractivity contribution in [1.82, 2.24) is 0 Å². The molecule has 1 saturated heterocycles. The average Bonchev–Trinajstić information content (AvgIpc) is 3.51. The summed E-state index contributed by atoms with van der Waals surface area (Å²) in [6.07, 6.45) is 9.98. The predicted molar refractivity (Wildman–Crippen MR) is 128 cm³/mol. The molecule has 2 atom stereocenters. The van der Waals surface area contributed by atoms with E-state index in [1.54, 1.807) is 12.1 Å². The molecule has 186 valence electrons. The zero-order valence-electron chi connectivity index (χ0n) is 19.5. The van der Waals surface area contributed by atoms with Crippen LogP contribution >= 0.6 is 0 Å². The molecule has 4 aliphatic rings. The number of hydrogen-bond acceptors (Lipinski definition) is 9. The van der Waals surface area contributed by atoms with Crippen molar-refractivity contribution in [3.63, 3.8) is 0 Å². The van der Waals surface area contributed by atoms with Gasteiger partial charge in [0.05, 0.1) is 25.5 Å². The molecule has 36 heavy (non-hydrogen) atoms. The highest BCUT2D eigenvalue weighted by atomic mass is 32.2. The highest BCUT2D eigenvalue weighted by molar-refractivity contribution is 7.85. The second-order valence-electron chi connectivity index (χ2n) is 8.69. The lowest BCUT2D eigenvalue weighted by Crippen LogP contribution is -2.42. The summed E-state index contributed by atoms with van der Waals surface area (Å²) in [5, 5.41) is 0. The van der Waals surface area contributed by atoms with E-state index in [1.165, 1.54) is 7.11 Å². The fourth-order valence-corrected chi connectivity index (χ4v) is 5.51. The van der Waals surface area contributed by atoms with Gasteiger partial charge in [-0.05, 0) is 40.5 Å². The molecular weight excluding hydrogens is 488 g/mol. The first kappa shape index (κ1) is 23.0. The highest BCUT2D eigenvalue weighted by Gasteiger charge is 2.54. The van der Waals surface area contributed by atoms with Gasteiger partial charge in [-0.3, -0.25) is 4.18 Å². The number of benzene rings is 2. The maximum Gasteiger partial charge on any atom is 0.338 e. The summed E-state index contributed by atoms with van der Waals surface area (Å²) in [4.78, 5) is 13.4. The van der Waals surface area contributed by atoms with Crippen molar-refractivity contribution in [3.05, 3.63) is 76.4 Å². The van der Waals surface area contributed by atoms with Crippen molar-refractivity contribution in [1.29, 1.82) is 0 Å². The van der Waals surface area contributed by atoms with E-state index in [0.29, 0.717) is 39.3 Å². The number of hydrogen-bond donors (Lipinski definition) is 0. The first-order valence-electron chi connectivity index (χ1n) is 11.2. The van der Waals surface area contributed by atoms with E-state index < -0.39 is 27.8 Å². The van der Waals surface area contributed by atoms with Gasteiger partial charge in [-0.15, -0.1) is 0 Å². The molecule has 0 N–H and O–H groups in total. The third kappa shape index (κ3) is 3.48. The summed E-state index contributed by atoms with van der Waals surface area (Å²) in [6, 6.07) is 7.26. The minimum atomic E-state index is -3.83. The third-order valence-corrected chi connectivity index (χ3v) is 7.24. The van der Waals surface area contributed by atoms with Gasteiger partial charge in [-0.2, -0.15) is 8.42 Å². The molecule has 0 aromatic heterocycles. The minimum Gasteiger partial charge on any atom is -0.465 e. The molecule has 2 heterocycles. The maximum atomic E-state index is 13.4. The molecule has 0 saturated carbocycles. The molecule has 2 aliphatic heterocycles. The standard InChI is InChI=1S/C26H22O9S/c1-30-25(27)23-19(12-35-36(2,28)29)18(15-7-9-20-21(11-15)32-13-31-20)10-16-6-8-17-4-3-5-22-26(17,24(16)23)34-14-33-22/h3-11,22H,12-14H2,1-2H3.